The molecule has 0 saturated carbocycles. The van der Waals surface area contributed by atoms with Crippen molar-refractivity contribution in [3.63, 3.8) is 0 Å². The van der Waals surface area contributed by atoms with Crippen molar-refractivity contribution in [2.24, 2.45) is 0 Å². The highest BCUT2D eigenvalue weighted by atomic mass is 32.2. The summed E-state index contributed by atoms with van der Waals surface area (Å²) in [6.07, 6.45) is 3.44. The first-order chi connectivity index (χ1) is 21.2. The maximum Gasteiger partial charge on any atom is 0.242 e. The molecule has 4 aromatic heterocycles. The van der Waals surface area contributed by atoms with E-state index in [2.05, 4.69) is 30.2 Å². The van der Waals surface area contributed by atoms with Crippen LogP contribution in [-0.2, 0) is 21.2 Å². The highest BCUT2D eigenvalue weighted by molar-refractivity contribution is 7.89. The van der Waals surface area contributed by atoms with Crippen molar-refractivity contribution in [2.45, 2.75) is 31.2 Å². The number of benzene rings is 2. The fraction of sp³-hybridized carbons (Fsp3) is 0.121. The van der Waals surface area contributed by atoms with E-state index in [-0.39, 0.29) is 11.3 Å². The summed E-state index contributed by atoms with van der Waals surface area (Å²) in [5.74, 6) is -0.524. The number of aryl methyl sites for hydroxylation is 2. The molecule has 11 heteroatoms. The zero-order chi connectivity index (χ0) is 30.7. The first kappa shape index (κ1) is 28.8. The van der Waals surface area contributed by atoms with Crippen LogP contribution in [0.1, 0.15) is 16.8 Å². The molecule has 0 aliphatic carbocycles. The van der Waals surface area contributed by atoms with Gasteiger partial charge in [0.05, 0.1) is 39.2 Å². The maximum absolute atomic E-state index is 13.6. The maximum atomic E-state index is 13.6. The van der Waals surface area contributed by atoms with E-state index in [1.54, 1.807) is 24.4 Å². The number of carbonyl (C=O) groups is 1. The zero-order valence-corrected chi connectivity index (χ0v) is 24.8. The fourth-order valence-electron chi connectivity index (χ4n) is 4.82. The third kappa shape index (κ3) is 6.38. The monoisotopic (exact) mass is 603 g/mol. The molecule has 0 fully saturated rings. The van der Waals surface area contributed by atoms with E-state index in [0.717, 1.165) is 28.1 Å². The minimum Gasteiger partial charge on any atom is -0.323 e. The number of nitrogens with zero attached hydrogens (tertiary/aromatic N) is 4. The Morgan fingerprint density at radius 1 is 0.864 bits per heavy atom. The number of carbonyl (C=O) groups excluding carboxylic acids is 1. The third-order valence-electron chi connectivity index (χ3n) is 7.08. The van der Waals surface area contributed by atoms with E-state index in [0.29, 0.717) is 28.1 Å². The number of nitrogens with one attached hydrogen (secondary N) is 3. The Morgan fingerprint density at radius 2 is 1.66 bits per heavy atom. The van der Waals surface area contributed by atoms with Crippen molar-refractivity contribution in [2.75, 3.05) is 5.32 Å². The number of pyridine rings is 3. The molecule has 1 amide bonds. The van der Waals surface area contributed by atoms with Crippen LogP contribution in [0.5, 0.6) is 0 Å². The van der Waals surface area contributed by atoms with Gasteiger partial charge in [0.1, 0.15) is 11.7 Å². The molecule has 44 heavy (non-hydrogen) atoms. The largest absolute Gasteiger partial charge is 0.323 e. The van der Waals surface area contributed by atoms with Crippen LogP contribution in [0.25, 0.3) is 33.7 Å². The zero-order valence-electron chi connectivity index (χ0n) is 24.0. The molecular weight excluding hydrogens is 574 g/mol. The molecule has 0 bridgehead atoms. The standard InChI is InChI=1S/C33H29N7O3S/c1-21-11-13-25(14-12-21)44(42,43)40-31(17-23-8-4-3-5-9-23)33(41)37-24-18-30-28(34-19-24)16-15-27(38-30)26-20-35-39-32(26)29-10-6-7-22(2)36-29/h3-16,18-20,31,40H,17H2,1-2H3,(H,35,39)(H,37,41)/t31-/m0/s1. The number of hydrogen-bond acceptors (Lipinski definition) is 7. The molecule has 220 valence electrons. The van der Waals surface area contributed by atoms with Gasteiger partial charge in [-0.3, -0.25) is 19.9 Å². The van der Waals surface area contributed by atoms with E-state index >= 15 is 0 Å². The minimum atomic E-state index is -3.98. The van der Waals surface area contributed by atoms with Crippen LogP contribution >= 0.6 is 0 Å². The molecule has 0 unspecified atom stereocenters. The van der Waals surface area contributed by atoms with Gasteiger partial charge >= 0.3 is 0 Å². The Balaban J connectivity index is 1.28. The molecule has 10 nitrogen and oxygen atoms in total. The van der Waals surface area contributed by atoms with Crippen molar-refractivity contribution in [3.8, 4) is 22.6 Å². The Bertz CT molecular complexity index is 2060. The summed E-state index contributed by atoms with van der Waals surface area (Å²) >= 11 is 0. The quantitative estimate of drug-likeness (QED) is 0.205. The number of fused-ring (bicyclic) bond motifs is 1. The van der Waals surface area contributed by atoms with Crippen molar-refractivity contribution >= 4 is 32.7 Å². The predicted octanol–water partition coefficient (Wildman–Crippen LogP) is 5.23. The molecule has 0 spiro atoms. The van der Waals surface area contributed by atoms with Crippen LogP contribution in [0.15, 0.2) is 108 Å². The van der Waals surface area contributed by atoms with Crippen molar-refractivity contribution in [3.05, 3.63) is 120 Å². The number of amides is 1. The second kappa shape index (κ2) is 12.2. The number of anilines is 1. The molecule has 4 heterocycles. The number of aromatic nitrogens is 5. The Kier molecular flexibility index (Phi) is 7.97. The molecule has 3 N–H and O–H groups in total. The van der Waals surface area contributed by atoms with Gasteiger partial charge in [-0.15, -0.1) is 0 Å². The highest BCUT2D eigenvalue weighted by Crippen LogP contribution is 2.29. The number of aromatic amines is 1. The lowest BCUT2D eigenvalue weighted by Gasteiger charge is -2.19. The average Bonchev–Trinajstić information content (AvgIpc) is 3.51. The third-order valence-corrected chi connectivity index (χ3v) is 8.57. The van der Waals surface area contributed by atoms with Crippen molar-refractivity contribution in [1.29, 1.82) is 0 Å². The highest BCUT2D eigenvalue weighted by Gasteiger charge is 2.26. The van der Waals surface area contributed by atoms with E-state index in [1.807, 2.05) is 74.5 Å². The molecule has 0 aliphatic heterocycles. The van der Waals surface area contributed by atoms with E-state index < -0.39 is 22.0 Å². The van der Waals surface area contributed by atoms with E-state index in [1.165, 1.54) is 18.3 Å². The summed E-state index contributed by atoms with van der Waals surface area (Å²) in [7, 11) is -3.98. The molecule has 0 radical (unpaired) electrons. The molecule has 6 rings (SSSR count). The normalized spacial score (nSPS) is 12.2. The smallest absolute Gasteiger partial charge is 0.242 e. The van der Waals surface area contributed by atoms with Crippen molar-refractivity contribution < 1.29 is 13.2 Å². The van der Waals surface area contributed by atoms with Gasteiger partial charge < -0.3 is 5.32 Å². The molecule has 0 aliphatic rings. The van der Waals surface area contributed by atoms with Gasteiger partial charge in [0.25, 0.3) is 0 Å². The minimum absolute atomic E-state index is 0.0811. The van der Waals surface area contributed by atoms with Gasteiger partial charge in [-0.05, 0) is 68.3 Å². The van der Waals surface area contributed by atoms with Gasteiger partial charge in [0.15, 0.2) is 0 Å². The van der Waals surface area contributed by atoms with Gasteiger partial charge in [-0.2, -0.15) is 9.82 Å². The second-order valence-electron chi connectivity index (χ2n) is 10.4. The lowest BCUT2D eigenvalue weighted by Crippen LogP contribution is -2.45. The Morgan fingerprint density at radius 3 is 2.43 bits per heavy atom. The topological polar surface area (TPSA) is 143 Å². The second-order valence-corrected chi connectivity index (χ2v) is 12.2. The van der Waals surface area contributed by atoms with E-state index in [9.17, 15) is 13.2 Å². The summed E-state index contributed by atoms with van der Waals surface area (Å²) < 4.78 is 29.1. The number of sulfonamides is 1. The van der Waals surface area contributed by atoms with Crippen LogP contribution in [0.4, 0.5) is 5.69 Å². The summed E-state index contributed by atoms with van der Waals surface area (Å²) in [5.41, 5.74) is 6.99. The van der Waals surface area contributed by atoms with Crippen LogP contribution in [0, 0.1) is 13.8 Å². The molecule has 0 saturated heterocycles. The Labute approximate surface area is 254 Å². The Hall–Kier alpha value is -5.26. The van der Waals surface area contributed by atoms with Crippen LogP contribution in [-0.4, -0.2) is 45.5 Å². The first-order valence-corrected chi connectivity index (χ1v) is 15.4. The summed E-state index contributed by atoms with van der Waals surface area (Å²) in [4.78, 5) is 27.5. The fourth-order valence-corrected chi connectivity index (χ4v) is 6.02. The van der Waals surface area contributed by atoms with Crippen LogP contribution in [0.3, 0.4) is 0 Å². The lowest BCUT2D eigenvalue weighted by atomic mass is 10.1. The summed E-state index contributed by atoms with van der Waals surface area (Å²) in [5, 5.41) is 10.1. The van der Waals surface area contributed by atoms with Crippen molar-refractivity contribution in [1.82, 2.24) is 29.9 Å². The molecule has 1 atom stereocenters. The van der Waals surface area contributed by atoms with Gasteiger partial charge in [0, 0.05) is 17.5 Å². The summed E-state index contributed by atoms with van der Waals surface area (Å²) in [6.45, 7) is 3.80. The number of hydrogen-bond donors (Lipinski definition) is 3. The van der Waals surface area contributed by atoms with Crippen LogP contribution < -0.4 is 10.0 Å². The average molecular weight is 604 g/mol. The number of rotatable bonds is 9. The SMILES string of the molecule is Cc1ccc(S(=O)(=O)N[C@@H](Cc2ccccc2)C(=O)Nc2cnc3ccc(-c4c[nH]nc4-c4cccc(C)n4)nc3c2)cc1. The van der Waals surface area contributed by atoms with Crippen LogP contribution in [0.2, 0.25) is 0 Å². The first-order valence-electron chi connectivity index (χ1n) is 13.9. The summed E-state index contributed by atoms with van der Waals surface area (Å²) in [6, 6.07) is 25.8. The molecule has 6 aromatic rings. The van der Waals surface area contributed by atoms with Gasteiger partial charge in [0.2, 0.25) is 15.9 Å². The predicted molar refractivity (Wildman–Crippen MR) is 169 cm³/mol. The number of H-pyrrole nitrogens is 1. The molecular formula is C33H29N7O3S. The van der Waals surface area contributed by atoms with Gasteiger partial charge in [-0.1, -0.05) is 54.1 Å². The lowest BCUT2D eigenvalue weighted by molar-refractivity contribution is -0.117. The van der Waals surface area contributed by atoms with Gasteiger partial charge in [-0.25, -0.2) is 13.4 Å². The van der Waals surface area contributed by atoms with E-state index in [4.69, 9.17) is 4.98 Å². The molecule has 2 aromatic carbocycles.